The predicted octanol–water partition coefficient (Wildman–Crippen LogP) is 0.798. The number of β-amino-alcohol motifs (C(OH)–C–C–N with tert-alkyl or cyclic N) is 1. The average Bonchev–Trinajstić information content (AvgIpc) is 2.50. The highest BCUT2D eigenvalue weighted by atomic mass is 16.3. The van der Waals surface area contributed by atoms with Gasteiger partial charge in [0.15, 0.2) is 0 Å². The molecule has 1 aliphatic heterocycles. The molecule has 1 aliphatic rings. The molecule has 0 saturated carbocycles. The molecule has 0 aliphatic carbocycles. The molecule has 1 heterocycles. The van der Waals surface area contributed by atoms with Gasteiger partial charge >= 0.3 is 0 Å². The van der Waals surface area contributed by atoms with Crippen molar-refractivity contribution in [3.63, 3.8) is 0 Å². The average molecular weight is 207 g/mol. The maximum atomic E-state index is 11.5. The van der Waals surface area contributed by atoms with Crippen molar-refractivity contribution in [1.82, 2.24) is 0 Å². The number of nitrogens with zero attached hydrogens (tertiary/aromatic N) is 1. The minimum atomic E-state index is -0.577. The molecule has 80 valence electrons. The van der Waals surface area contributed by atoms with Crippen molar-refractivity contribution in [2.24, 2.45) is 0 Å². The maximum absolute atomic E-state index is 11.5. The van der Waals surface area contributed by atoms with Gasteiger partial charge in [0.05, 0.1) is 19.1 Å². The summed E-state index contributed by atoms with van der Waals surface area (Å²) in [4.78, 5) is 13.0. The largest absolute Gasteiger partial charge is 0.508 e. The predicted molar refractivity (Wildman–Crippen MR) is 55.8 cm³/mol. The van der Waals surface area contributed by atoms with Crippen LogP contribution in [0.1, 0.15) is 12.0 Å². The third-order valence-electron chi connectivity index (χ3n) is 2.60. The van der Waals surface area contributed by atoms with Crippen molar-refractivity contribution in [2.45, 2.75) is 19.4 Å². The first-order valence-electron chi connectivity index (χ1n) is 4.86. The van der Waals surface area contributed by atoms with Gasteiger partial charge in [0, 0.05) is 5.69 Å². The van der Waals surface area contributed by atoms with E-state index in [1.807, 2.05) is 0 Å². The van der Waals surface area contributed by atoms with E-state index in [0.717, 1.165) is 11.3 Å². The number of aromatic hydroxyl groups is 1. The fourth-order valence-corrected chi connectivity index (χ4v) is 1.75. The van der Waals surface area contributed by atoms with Crippen molar-refractivity contribution < 1.29 is 15.0 Å². The summed E-state index contributed by atoms with van der Waals surface area (Å²) < 4.78 is 0. The van der Waals surface area contributed by atoms with Gasteiger partial charge in [-0.05, 0) is 30.7 Å². The maximum Gasteiger partial charge on any atom is 0.229 e. The van der Waals surface area contributed by atoms with Crippen LogP contribution in [0.2, 0.25) is 0 Å². The number of phenolic OH excluding ortho intramolecular Hbond substituents is 1. The lowest BCUT2D eigenvalue weighted by Crippen LogP contribution is -2.25. The Labute approximate surface area is 87.8 Å². The molecule has 0 radical (unpaired) electrons. The van der Waals surface area contributed by atoms with Gasteiger partial charge in [-0.1, -0.05) is 0 Å². The number of phenols is 1. The van der Waals surface area contributed by atoms with E-state index in [-0.39, 0.29) is 18.1 Å². The minimum Gasteiger partial charge on any atom is -0.508 e. The van der Waals surface area contributed by atoms with Crippen LogP contribution >= 0.6 is 0 Å². The molecule has 0 spiro atoms. The molecule has 4 heteroatoms. The van der Waals surface area contributed by atoms with Gasteiger partial charge < -0.3 is 15.1 Å². The van der Waals surface area contributed by atoms with Crippen LogP contribution in [0.4, 0.5) is 5.69 Å². The molecule has 1 saturated heterocycles. The molecule has 4 nitrogen and oxygen atoms in total. The van der Waals surface area contributed by atoms with Crippen LogP contribution in [0.3, 0.4) is 0 Å². The smallest absolute Gasteiger partial charge is 0.229 e. The molecule has 1 aromatic rings. The third-order valence-corrected chi connectivity index (χ3v) is 2.60. The number of carbonyl (C=O) groups excluding carboxylic acids is 1. The number of benzene rings is 1. The Morgan fingerprint density at radius 3 is 2.73 bits per heavy atom. The fourth-order valence-electron chi connectivity index (χ4n) is 1.75. The first-order chi connectivity index (χ1) is 7.08. The Hall–Kier alpha value is -1.55. The van der Waals surface area contributed by atoms with Gasteiger partial charge in [-0.3, -0.25) is 4.79 Å². The first kappa shape index (κ1) is 9.98. The number of anilines is 1. The summed E-state index contributed by atoms with van der Waals surface area (Å²) in [6.07, 6.45) is -0.397. The van der Waals surface area contributed by atoms with Gasteiger partial charge in [0.25, 0.3) is 0 Å². The summed E-state index contributed by atoms with van der Waals surface area (Å²) in [5.74, 6) is 0.138. The highest BCUT2D eigenvalue weighted by Gasteiger charge is 2.29. The second-order valence-corrected chi connectivity index (χ2v) is 3.83. The molecule has 0 bridgehead atoms. The lowest BCUT2D eigenvalue weighted by Gasteiger charge is -2.16. The zero-order chi connectivity index (χ0) is 11.0. The number of aliphatic hydroxyl groups is 1. The van der Waals surface area contributed by atoms with Crippen molar-refractivity contribution in [3.8, 4) is 5.75 Å². The van der Waals surface area contributed by atoms with Crippen molar-refractivity contribution in [1.29, 1.82) is 0 Å². The topological polar surface area (TPSA) is 60.8 Å². The van der Waals surface area contributed by atoms with Crippen LogP contribution in [0, 0.1) is 6.92 Å². The van der Waals surface area contributed by atoms with E-state index >= 15 is 0 Å². The molecule has 2 N–H and O–H groups in total. The second kappa shape index (κ2) is 3.55. The quantitative estimate of drug-likeness (QED) is 0.716. The lowest BCUT2D eigenvalue weighted by atomic mass is 10.2. The van der Waals surface area contributed by atoms with Crippen LogP contribution in [-0.2, 0) is 4.79 Å². The van der Waals surface area contributed by atoms with Crippen LogP contribution in [0.5, 0.6) is 5.75 Å². The van der Waals surface area contributed by atoms with E-state index in [2.05, 4.69) is 0 Å². The summed E-state index contributed by atoms with van der Waals surface area (Å²) in [5.41, 5.74) is 1.45. The van der Waals surface area contributed by atoms with E-state index in [1.165, 1.54) is 4.90 Å². The summed E-state index contributed by atoms with van der Waals surface area (Å²) in [7, 11) is 0. The number of hydrogen-bond donors (Lipinski definition) is 2. The number of aryl methyl sites for hydroxylation is 1. The van der Waals surface area contributed by atoms with E-state index < -0.39 is 6.10 Å². The molecule has 0 aromatic heterocycles. The summed E-state index contributed by atoms with van der Waals surface area (Å²) >= 11 is 0. The van der Waals surface area contributed by atoms with Crippen LogP contribution in [0.15, 0.2) is 18.2 Å². The SMILES string of the molecule is Cc1cc(N2CC(O)CC2=O)ccc1O. The van der Waals surface area contributed by atoms with E-state index in [4.69, 9.17) is 0 Å². The highest BCUT2D eigenvalue weighted by molar-refractivity contribution is 5.96. The second-order valence-electron chi connectivity index (χ2n) is 3.83. The zero-order valence-electron chi connectivity index (χ0n) is 8.47. The normalized spacial score (nSPS) is 21.1. The Kier molecular flexibility index (Phi) is 2.36. The zero-order valence-corrected chi connectivity index (χ0v) is 8.47. The van der Waals surface area contributed by atoms with Crippen LogP contribution in [-0.4, -0.2) is 28.8 Å². The molecular formula is C11H13NO3. The number of hydrogen-bond acceptors (Lipinski definition) is 3. The Morgan fingerprint density at radius 2 is 2.20 bits per heavy atom. The minimum absolute atomic E-state index is 0.0763. The lowest BCUT2D eigenvalue weighted by molar-refractivity contribution is -0.117. The molecule has 1 fully saturated rings. The van der Waals surface area contributed by atoms with Crippen molar-refractivity contribution >= 4 is 11.6 Å². The van der Waals surface area contributed by atoms with Gasteiger partial charge in [0.2, 0.25) is 5.91 Å². The summed E-state index contributed by atoms with van der Waals surface area (Å²) in [5, 5.41) is 18.7. The van der Waals surface area contributed by atoms with Crippen molar-refractivity contribution in [2.75, 3.05) is 11.4 Å². The molecular weight excluding hydrogens is 194 g/mol. The van der Waals surface area contributed by atoms with E-state index in [1.54, 1.807) is 25.1 Å². The van der Waals surface area contributed by atoms with Crippen LogP contribution < -0.4 is 4.90 Å². The molecule has 15 heavy (non-hydrogen) atoms. The number of aliphatic hydroxyl groups excluding tert-OH is 1. The standard InChI is InChI=1S/C11H13NO3/c1-7-4-8(2-3-10(7)14)12-6-9(13)5-11(12)15/h2-4,9,13-14H,5-6H2,1H3. The van der Waals surface area contributed by atoms with Gasteiger partial charge in [-0.15, -0.1) is 0 Å². The number of carbonyl (C=O) groups is 1. The number of amides is 1. The molecule has 1 atom stereocenters. The molecule has 1 amide bonds. The summed E-state index contributed by atoms with van der Waals surface area (Å²) in [6, 6.07) is 4.98. The molecule has 1 unspecified atom stereocenters. The van der Waals surface area contributed by atoms with E-state index in [9.17, 15) is 15.0 Å². The molecule has 1 aromatic carbocycles. The van der Waals surface area contributed by atoms with Crippen molar-refractivity contribution in [3.05, 3.63) is 23.8 Å². The Bertz CT molecular complexity index is 403. The first-order valence-corrected chi connectivity index (χ1v) is 4.86. The molecule has 2 rings (SSSR count). The highest BCUT2D eigenvalue weighted by Crippen LogP contribution is 2.26. The van der Waals surface area contributed by atoms with Gasteiger partial charge in [-0.2, -0.15) is 0 Å². The van der Waals surface area contributed by atoms with Crippen LogP contribution in [0.25, 0.3) is 0 Å². The monoisotopic (exact) mass is 207 g/mol. The Balaban J connectivity index is 2.30. The Morgan fingerprint density at radius 1 is 1.47 bits per heavy atom. The third kappa shape index (κ3) is 1.80. The number of rotatable bonds is 1. The van der Waals surface area contributed by atoms with E-state index in [0.29, 0.717) is 6.54 Å². The fraction of sp³-hybridized carbons (Fsp3) is 0.364. The summed E-state index contributed by atoms with van der Waals surface area (Å²) in [6.45, 7) is 2.11. The van der Waals surface area contributed by atoms with Gasteiger partial charge in [-0.25, -0.2) is 0 Å². The van der Waals surface area contributed by atoms with Gasteiger partial charge in [0.1, 0.15) is 5.75 Å².